The van der Waals surface area contributed by atoms with E-state index in [0.717, 1.165) is 11.6 Å². The van der Waals surface area contributed by atoms with E-state index in [1.807, 2.05) is 14.0 Å². The first-order valence-corrected chi connectivity index (χ1v) is 6.10. The van der Waals surface area contributed by atoms with Crippen LogP contribution in [0, 0.1) is 6.92 Å². The number of nitrogens with one attached hydrogen (secondary N) is 1. The molecular weight excluding hydrogens is 210 g/mol. The molecule has 0 radical (unpaired) electrons. The van der Waals surface area contributed by atoms with Gasteiger partial charge in [0.25, 0.3) is 0 Å². The Bertz CT molecular complexity index is 542. The van der Waals surface area contributed by atoms with Crippen molar-refractivity contribution in [2.75, 3.05) is 12.4 Å². The second kappa shape index (κ2) is 3.91. The summed E-state index contributed by atoms with van der Waals surface area (Å²) in [7, 11) is 1.93. The number of hydrogen-bond acceptors (Lipinski definition) is 2. The molecule has 0 aliphatic heterocycles. The van der Waals surface area contributed by atoms with E-state index in [4.69, 9.17) is 0 Å². The predicted molar refractivity (Wildman–Crippen MR) is 69.4 cm³/mol. The highest BCUT2D eigenvalue weighted by Gasteiger charge is 2.25. The highest BCUT2D eigenvalue weighted by Crippen LogP contribution is 2.35. The number of imidazole rings is 1. The number of aryl methyl sites for hydroxylation is 2. The van der Waals surface area contributed by atoms with Crippen LogP contribution in [0.5, 0.6) is 0 Å². The average molecular weight is 227 g/mol. The molecule has 1 N–H and O–H groups in total. The molecule has 17 heavy (non-hydrogen) atoms. The van der Waals surface area contributed by atoms with Gasteiger partial charge in [-0.25, -0.2) is 4.98 Å². The van der Waals surface area contributed by atoms with Gasteiger partial charge < -0.3 is 9.88 Å². The minimum absolute atomic E-state index is 0.440. The highest BCUT2D eigenvalue weighted by molar-refractivity contribution is 5.39. The lowest BCUT2D eigenvalue weighted by Gasteiger charge is -2.16. The Kier molecular flexibility index (Phi) is 2.39. The zero-order valence-electron chi connectivity index (χ0n) is 10.3. The summed E-state index contributed by atoms with van der Waals surface area (Å²) < 4.78 is 2.27. The Hall–Kier alpha value is -1.77. The van der Waals surface area contributed by atoms with Crippen LogP contribution in [0.4, 0.5) is 5.95 Å². The quantitative estimate of drug-likeness (QED) is 0.855. The number of anilines is 1. The lowest BCUT2D eigenvalue weighted by Crippen LogP contribution is -2.09. The van der Waals surface area contributed by atoms with Gasteiger partial charge in [0.2, 0.25) is 5.95 Å². The molecule has 0 bridgehead atoms. The van der Waals surface area contributed by atoms with Gasteiger partial charge in [0.1, 0.15) is 0 Å². The van der Waals surface area contributed by atoms with Crippen LogP contribution in [0.25, 0.3) is 0 Å². The maximum Gasteiger partial charge on any atom is 0.203 e. The molecule has 1 atom stereocenters. The number of fused-ring (bicyclic) bond motifs is 1. The van der Waals surface area contributed by atoms with E-state index in [2.05, 4.69) is 45.3 Å². The minimum Gasteiger partial charge on any atom is -0.359 e. The third kappa shape index (κ3) is 1.62. The standard InChI is InChI=1S/C14H17N3/c1-10-9-17(14(15-2)16-10)13-8-7-11-5-3-4-6-12(11)13/h3-6,9,13H,7-8H2,1-2H3,(H,15,16). The van der Waals surface area contributed by atoms with Crippen LogP contribution in [0.3, 0.4) is 0 Å². The van der Waals surface area contributed by atoms with Gasteiger partial charge in [0, 0.05) is 13.2 Å². The van der Waals surface area contributed by atoms with Crippen molar-refractivity contribution in [3.63, 3.8) is 0 Å². The number of rotatable bonds is 2. The van der Waals surface area contributed by atoms with Gasteiger partial charge in [-0.2, -0.15) is 0 Å². The lowest BCUT2D eigenvalue weighted by atomic mass is 10.1. The molecule has 1 aromatic heterocycles. The van der Waals surface area contributed by atoms with Crippen molar-refractivity contribution >= 4 is 5.95 Å². The SMILES string of the molecule is CNc1nc(C)cn1C1CCc2ccccc21. The summed E-state index contributed by atoms with van der Waals surface area (Å²) in [5.74, 6) is 0.962. The molecule has 1 aliphatic carbocycles. The van der Waals surface area contributed by atoms with E-state index in [1.165, 1.54) is 24.0 Å². The molecule has 2 aromatic rings. The van der Waals surface area contributed by atoms with Crippen LogP contribution in [-0.2, 0) is 6.42 Å². The summed E-state index contributed by atoms with van der Waals surface area (Å²) in [6, 6.07) is 9.16. The van der Waals surface area contributed by atoms with E-state index >= 15 is 0 Å². The number of hydrogen-bond donors (Lipinski definition) is 1. The summed E-state index contributed by atoms with van der Waals surface area (Å²) in [5, 5.41) is 3.18. The van der Waals surface area contributed by atoms with Crippen molar-refractivity contribution in [2.24, 2.45) is 0 Å². The first kappa shape index (κ1) is 10.4. The minimum atomic E-state index is 0.440. The van der Waals surface area contributed by atoms with Crippen LogP contribution < -0.4 is 5.32 Å². The fraction of sp³-hybridized carbons (Fsp3) is 0.357. The van der Waals surface area contributed by atoms with Crippen molar-refractivity contribution in [2.45, 2.75) is 25.8 Å². The normalized spacial score (nSPS) is 18.1. The zero-order chi connectivity index (χ0) is 11.8. The second-order valence-corrected chi connectivity index (χ2v) is 4.62. The van der Waals surface area contributed by atoms with Crippen LogP contribution in [0.2, 0.25) is 0 Å². The van der Waals surface area contributed by atoms with Gasteiger partial charge in [-0.05, 0) is 30.9 Å². The monoisotopic (exact) mass is 227 g/mol. The van der Waals surface area contributed by atoms with Crippen molar-refractivity contribution in [1.29, 1.82) is 0 Å². The summed E-state index contributed by atoms with van der Waals surface area (Å²) >= 11 is 0. The predicted octanol–water partition coefficient (Wildman–Crippen LogP) is 2.77. The largest absolute Gasteiger partial charge is 0.359 e. The number of benzene rings is 1. The van der Waals surface area contributed by atoms with Crippen LogP contribution in [0.1, 0.15) is 29.3 Å². The van der Waals surface area contributed by atoms with Crippen LogP contribution in [-0.4, -0.2) is 16.6 Å². The summed E-state index contributed by atoms with van der Waals surface area (Å²) in [5.41, 5.74) is 3.99. The first-order valence-electron chi connectivity index (χ1n) is 6.10. The van der Waals surface area contributed by atoms with E-state index in [1.54, 1.807) is 0 Å². The average Bonchev–Trinajstić information content (AvgIpc) is 2.91. The van der Waals surface area contributed by atoms with Crippen LogP contribution in [0.15, 0.2) is 30.5 Å². The smallest absolute Gasteiger partial charge is 0.203 e. The highest BCUT2D eigenvalue weighted by atomic mass is 15.2. The number of aromatic nitrogens is 2. The fourth-order valence-electron chi connectivity index (χ4n) is 2.76. The summed E-state index contributed by atoms with van der Waals surface area (Å²) in [6.45, 7) is 2.04. The molecule has 1 unspecified atom stereocenters. The van der Waals surface area contributed by atoms with E-state index in [9.17, 15) is 0 Å². The number of nitrogens with zero attached hydrogens (tertiary/aromatic N) is 2. The molecule has 1 heterocycles. The summed E-state index contributed by atoms with van der Waals surface area (Å²) in [4.78, 5) is 4.50. The molecule has 0 fully saturated rings. The van der Waals surface area contributed by atoms with E-state index < -0.39 is 0 Å². The molecule has 0 saturated heterocycles. The first-order chi connectivity index (χ1) is 8.29. The molecule has 0 saturated carbocycles. The Morgan fingerprint density at radius 3 is 3.00 bits per heavy atom. The van der Waals surface area contributed by atoms with Crippen LogP contribution >= 0.6 is 0 Å². The van der Waals surface area contributed by atoms with Crippen molar-refractivity contribution in [3.05, 3.63) is 47.3 Å². The van der Waals surface area contributed by atoms with Gasteiger partial charge in [0.15, 0.2) is 0 Å². The van der Waals surface area contributed by atoms with E-state index in [0.29, 0.717) is 6.04 Å². The third-order valence-corrected chi connectivity index (χ3v) is 3.51. The molecule has 1 aliphatic rings. The molecule has 3 nitrogen and oxygen atoms in total. The van der Waals surface area contributed by atoms with Gasteiger partial charge in [-0.15, -0.1) is 0 Å². The van der Waals surface area contributed by atoms with Crippen molar-refractivity contribution < 1.29 is 0 Å². The Labute approximate surface area is 101 Å². The molecular formula is C14H17N3. The topological polar surface area (TPSA) is 29.9 Å². The Morgan fingerprint density at radius 1 is 1.35 bits per heavy atom. The molecule has 0 amide bonds. The third-order valence-electron chi connectivity index (χ3n) is 3.51. The zero-order valence-corrected chi connectivity index (χ0v) is 10.3. The maximum atomic E-state index is 4.50. The lowest BCUT2D eigenvalue weighted by molar-refractivity contribution is 0.585. The molecule has 1 aromatic carbocycles. The van der Waals surface area contributed by atoms with Gasteiger partial charge >= 0.3 is 0 Å². The second-order valence-electron chi connectivity index (χ2n) is 4.62. The molecule has 3 heteroatoms. The maximum absolute atomic E-state index is 4.50. The Balaban J connectivity index is 2.06. The summed E-state index contributed by atoms with van der Waals surface area (Å²) in [6.07, 6.45) is 4.48. The molecule has 0 spiro atoms. The molecule has 3 rings (SSSR count). The fourth-order valence-corrected chi connectivity index (χ4v) is 2.76. The van der Waals surface area contributed by atoms with Gasteiger partial charge in [0.05, 0.1) is 11.7 Å². The van der Waals surface area contributed by atoms with Crippen molar-refractivity contribution in [1.82, 2.24) is 9.55 Å². The Morgan fingerprint density at radius 2 is 2.18 bits per heavy atom. The van der Waals surface area contributed by atoms with E-state index in [-0.39, 0.29) is 0 Å². The van der Waals surface area contributed by atoms with Gasteiger partial charge in [-0.3, -0.25) is 0 Å². The van der Waals surface area contributed by atoms with Crippen molar-refractivity contribution in [3.8, 4) is 0 Å². The van der Waals surface area contributed by atoms with Gasteiger partial charge in [-0.1, -0.05) is 24.3 Å². The molecule has 88 valence electrons.